The van der Waals surface area contributed by atoms with Crippen LogP contribution in [0.25, 0.3) is 0 Å². The monoisotopic (exact) mass is 403 g/mol. The third-order valence-corrected chi connectivity index (χ3v) is 4.61. The van der Waals surface area contributed by atoms with Crippen molar-refractivity contribution in [3.05, 3.63) is 58.6 Å². The topological polar surface area (TPSA) is 44.4 Å². The van der Waals surface area contributed by atoms with Crippen LogP contribution in [-0.4, -0.2) is 24.1 Å². The molecule has 1 aliphatic rings. The summed E-state index contributed by atoms with van der Waals surface area (Å²) in [5.41, 5.74) is 2.59. The van der Waals surface area contributed by atoms with Gasteiger partial charge in [0.1, 0.15) is 0 Å². The molecule has 1 saturated heterocycles. The molecule has 2 aromatic carbocycles. The number of nitrogens with zero attached hydrogens (tertiary/aromatic N) is 1. The highest BCUT2D eigenvalue weighted by atomic mass is 79.9. The smallest absolute Gasteiger partial charge is 0.257 e. The maximum Gasteiger partial charge on any atom is 0.257 e. The van der Waals surface area contributed by atoms with E-state index < -0.39 is 0 Å². The summed E-state index contributed by atoms with van der Waals surface area (Å²) in [6.45, 7) is 2.10. The number of carbonyl (C=O) groups excluding carboxylic acids is 1. The van der Waals surface area contributed by atoms with Crippen LogP contribution < -0.4 is 15.5 Å². The van der Waals surface area contributed by atoms with E-state index in [-0.39, 0.29) is 5.91 Å². The molecule has 0 unspecified atom stereocenters. The first-order chi connectivity index (χ1) is 11.6. The second-order valence-corrected chi connectivity index (χ2v) is 6.95. The molecule has 0 bridgehead atoms. The van der Waals surface area contributed by atoms with E-state index in [1.165, 1.54) is 12.8 Å². The molecule has 1 amide bonds. The minimum Gasteiger partial charge on any atom is -0.370 e. The molecule has 1 heterocycles. The van der Waals surface area contributed by atoms with E-state index in [4.69, 9.17) is 12.2 Å². The Kier molecular flexibility index (Phi) is 5.48. The molecule has 24 heavy (non-hydrogen) atoms. The number of hydrogen-bond acceptors (Lipinski definition) is 3. The Balaban J connectivity index is 1.68. The predicted octanol–water partition coefficient (Wildman–Crippen LogP) is 4.18. The fourth-order valence-corrected chi connectivity index (χ4v) is 3.37. The van der Waals surface area contributed by atoms with E-state index in [2.05, 4.69) is 37.5 Å². The molecule has 2 aromatic rings. The third kappa shape index (κ3) is 4.13. The normalized spacial score (nSPS) is 13.6. The number of para-hydroxylation sites is 2. The lowest BCUT2D eigenvalue weighted by Gasteiger charge is -2.22. The minimum atomic E-state index is -0.229. The fourth-order valence-electron chi connectivity index (χ4n) is 2.77. The molecule has 2 N–H and O–H groups in total. The fraction of sp³-hybridized carbons (Fsp3) is 0.222. The molecule has 0 radical (unpaired) electrons. The Labute approximate surface area is 155 Å². The Hall–Kier alpha value is -1.92. The van der Waals surface area contributed by atoms with Gasteiger partial charge < -0.3 is 10.2 Å². The van der Waals surface area contributed by atoms with E-state index >= 15 is 0 Å². The Morgan fingerprint density at radius 3 is 2.58 bits per heavy atom. The van der Waals surface area contributed by atoms with E-state index in [1.807, 2.05) is 30.3 Å². The molecule has 0 saturated carbocycles. The first-order valence-corrected chi connectivity index (χ1v) is 9.05. The highest BCUT2D eigenvalue weighted by Gasteiger charge is 2.16. The van der Waals surface area contributed by atoms with Crippen LogP contribution in [0.15, 0.2) is 53.0 Å². The van der Waals surface area contributed by atoms with Gasteiger partial charge in [-0.1, -0.05) is 34.1 Å². The number of amides is 1. The van der Waals surface area contributed by atoms with Gasteiger partial charge in [-0.3, -0.25) is 10.1 Å². The molecule has 0 spiro atoms. The lowest BCUT2D eigenvalue weighted by molar-refractivity contribution is 0.0977. The van der Waals surface area contributed by atoms with Gasteiger partial charge in [-0.15, -0.1) is 0 Å². The number of rotatable bonds is 3. The number of carbonyl (C=O) groups is 1. The van der Waals surface area contributed by atoms with E-state index in [1.54, 1.807) is 12.1 Å². The van der Waals surface area contributed by atoms with Gasteiger partial charge in [-0.25, -0.2) is 0 Å². The maximum absolute atomic E-state index is 12.3. The number of hydrogen-bond donors (Lipinski definition) is 2. The molecule has 0 atom stereocenters. The van der Waals surface area contributed by atoms with E-state index in [9.17, 15) is 4.79 Å². The molecule has 124 valence electrons. The van der Waals surface area contributed by atoms with Crippen molar-refractivity contribution in [3.63, 3.8) is 0 Å². The SMILES string of the molecule is O=C(NC(=S)Nc1ccccc1N1CCCC1)c1cccc(Br)c1. The standard InChI is InChI=1S/C18H18BrN3OS/c19-14-7-5-6-13(12-14)17(23)21-18(24)20-15-8-1-2-9-16(15)22-10-3-4-11-22/h1-2,5-9,12H,3-4,10-11H2,(H2,20,21,23,24). The summed E-state index contributed by atoms with van der Waals surface area (Å²) in [5, 5.41) is 6.18. The molecule has 6 heteroatoms. The Morgan fingerprint density at radius 2 is 1.83 bits per heavy atom. The molecular weight excluding hydrogens is 386 g/mol. The predicted molar refractivity (Wildman–Crippen MR) is 106 cm³/mol. The van der Waals surface area contributed by atoms with Crippen molar-refractivity contribution in [3.8, 4) is 0 Å². The summed E-state index contributed by atoms with van der Waals surface area (Å²) in [6, 6.07) is 15.2. The van der Waals surface area contributed by atoms with Crippen molar-refractivity contribution in [2.24, 2.45) is 0 Å². The average Bonchev–Trinajstić information content (AvgIpc) is 3.09. The summed E-state index contributed by atoms with van der Waals surface area (Å²) in [4.78, 5) is 14.6. The van der Waals surface area contributed by atoms with Gasteiger partial charge in [0.2, 0.25) is 0 Å². The lowest BCUT2D eigenvalue weighted by Crippen LogP contribution is -2.34. The molecule has 1 fully saturated rings. The van der Waals surface area contributed by atoms with Crippen molar-refractivity contribution < 1.29 is 4.79 Å². The maximum atomic E-state index is 12.3. The van der Waals surface area contributed by atoms with Crippen molar-refractivity contribution in [2.75, 3.05) is 23.3 Å². The molecule has 1 aliphatic heterocycles. The number of thiocarbonyl (C=S) groups is 1. The van der Waals surface area contributed by atoms with Crippen molar-refractivity contribution in [1.82, 2.24) is 5.32 Å². The molecule has 0 aliphatic carbocycles. The first kappa shape index (κ1) is 16.9. The van der Waals surface area contributed by atoms with Crippen molar-refractivity contribution in [1.29, 1.82) is 0 Å². The van der Waals surface area contributed by atoms with Crippen LogP contribution in [-0.2, 0) is 0 Å². The number of halogens is 1. The first-order valence-electron chi connectivity index (χ1n) is 7.85. The Morgan fingerprint density at radius 1 is 1.08 bits per heavy atom. The van der Waals surface area contributed by atoms with Gasteiger partial charge >= 0.3 is 0 Å². The third-order valence-electron chi connectivity index (χ3n) is 3.91. The summed E-state index contributed by atoms with van der Waals surface area (Å²) >= 11 is 8.67. The van der Waals surface area contributed by atoms with Crippen molar-refractivity contribution >= 4 is 50.5 Å². The van der Waals surface area contributed by atoms with E-state index in [0.29, 0.717) is 10.7 Å². The van der Waals surface area contributed by atoms with Gasteiger partial charge in [-0.05, 0) is 55.4 Å². The second-order valence-electron chi connectivity index (χ2n) is 5.63. The van der Waals surface area contributed by atoms with Crippen LogP contribution in [0.1, 0.15) is 23.2 Å². The zero-order valence-corrected chi connectivity index (χ0v) is 15.5. The number of benzene rings is 2. The van der Waals surface area contributed by atoms with Crippen LogP contribution in [0.4, 0.5) is 11.4 Å². The highest BCUT2D eigenvalue weighted by molar-refractivity contribution is 9.10. The van der Waals surface area contributed by atoms with Crippen LogP contribution >= 0.6 is 28.1 Å². The van der Waals surface area contributed by atoms with Gasteiger partial charge in [-0.2, -0.15) is 0 Å². The van der Waals surface area contributed by atoms with E-state index in [0.717, 1.165) is 28.9 Å². The van der Waals surface area contributed by atoms with Crippen LogP contribution in [0, 0.1) is 0 Å². The summed E-state index contributed by atoms with van der Waals surface area (Å²) in [5.74, 6) is -0.229. The largest absolute Gasteiger partial charge is 0.370 e. The number of nitrogens with one attached hydrogen (secondary N) is 2. The highest BCUT2D eigenvalue weighted by Crippen LogP contribution is 2.28. The van der Waals surface area contributed by atoms with Gasteiger partial charge in [0.25, 0.3) is 5.91 Å². The van der Waals surface area contributed by atoms with Gasteiger partial charge in [0.15, 0.2) is 5.11 Å². The molecule has 0 aromatic heterocycles. The molecule has 4 nitrogen and oxygen atoms in total. The molecular formula is C18H18BrN3OS. The lowest BCUT2D eigenvalue weighted by atomic mass is 10.2. The average molecular weight is 404 g/mol. The van der Waals surface area contributed by atoms with Crippen LogP contribution in [0.2, 0.25) is 0 Å². The molecule has 3 rings (SSSR count). The zero-order valence-electron chi connectivity index (χ0n) is 13.1. The quantitative estimate of drug-likeness (QED) is 0.754. The van der Waals surface area contributed by atoms with Crippen LogP contribution in [0.3, 0.4) is 0 Å². The second kappa shape index (κ2) is 7.77. The summed E-state index contributed by atoms with van der Waals surface area (Å²) in [7, 11) is 0. The zero-order chi connectivity index (χ0) is 16.9. The van der Waals surface area contributed by atoms with Gasteiger partial charge in [0, 0.05) is 23.1 Å². The minimum absolute atomic E-state index is 0.229. The Bertz CT molecular complexity index is 759. The van der Waals surface area contributed by atoms with Crippen LogP contribution in [0.5, 0.6) is 0 Å². The van der Waals surface area contributed by atoms with Gasteiger partial charge in [0.05, 0.1) is 11.4 Å². The van der Waals surface area contributed by atoms with Crippen molar-refractivity contribution in [2.45, 2.75) is 12.8 Å². The summed E-state index contributed by atoms with van der Waals surface area (Å²) in [6.07, 6.45) is 2.41. The summed E-state index contributed by atoms with van der Waals surface area (Å²) < 4.78 is 0.855. The number of anilines is 2.